The second kappa shape index (κ2) is 3.35. The quantitative estimate of drug-likeness (QED) is 0.761. The van der Waals surface area contributed by atoms with Gasteiger partial charge in [0.05, 0.1) is 10.7 Å². The van der Waals surface area contributed by atoms with E-state index in [-0.39, 0.29) is 12.5 Å². The minimum absolute atomic E-state index is 0.0142. The highest BCUT2D eigenvalue weighted by atomic mass is 35.5. The number of hydrogen-bond donors (Lipinski definition) is 1. The van der Waals surface area contributed by atoms with E-state index in [0.29, 0.717) is 22.0 Å². The number of pyridine rings is 1. The first-order valence-electron chi connectivity index (χ1n) is 4.75. The molecule has 4 nitrogen and oxygen atoms in total. The minimum atomic E-state index is -0.182. The van der Waals surface area contributed by atoms with Crippen LogP contribution in [0.1, 0.15) is 0 Å². The van der Waals surface area contributed by atoms with Crippen LogP contribution in [0.15, 0.2) is 24.4 Å². The van der Waals surface area contributed by atoms with Gasteiger partial charge in [0.25, 0.3) is 5.91 Å². The summed E-state index contributed by atoms with van der Waals surface area (Å²) in [7, 11) is 0. The van der Waals surface area contributed by atoms with E-state index >= 15 is 0 Å². The molecule has 0 bridgehead atoms. The number of ether oxygens (including phenoxy) is 1. The summed E-state index contributed by atoms with van der Waals surface area (Å²) in [6, 6.07) is 5.35. The van der Waals surface area contributed by atoms with Crippen molar-refractivity contribution in [3.05, 3.63) is 29.4 Å². The third-order valence-corrected chi connectivity index (χ3v) is 2.73. The molecule has 0 radical (unpaired) electrons. The molecule has 1 N–H and O–H groups in total. The molecule has 1 aliphatic rings. The van der Waals surface area contributed by atoms with E-state index in [1.807, 2.05) is 12.1 Å². The number of carbonyl (C=O) groups is 1. The number of amides is 1. The summed E-state index contributed by atoms with van der Waals surface area (Å²) in [5.74, 6) is 0.401. The van der Waals surface area contributed by atoms with Gasteiger partial charge in [-0.05, 0) is 18.2 Å². The molecule has 0 saturated heterocycles. The third-order valence-electron chi connectivity index (χ3n) is 2.42. The van der Waals surface area contributed by atoms with Gasteiger partial charge in [0.1, 0.15) is 5.52 Å². The van der Waals surface area contributed by atoms with Gasteiger partial charge in [-0.1, -0.05) is 11.6 Å². The van der Waals surface area contributed by atoms with E-state index < -0.39 is 0 Å². The van der Waals surface area contributed by atoms with Gasteiger partial charge in [0.15, 0.2) is 12.4 Å². The number of anilines is 1. The van der Waals surface area contributed by atoms with Crippen LogP contribution in [0.4, 0.5) is 5.69 Å². The van der Waals surface area contributed by atoms with E-state index in [9.17, 15) is 4.79 Å². The van der Waals surface area contributed by atoms with E-state index in [0.717, 1.165) is 5.39 Å². The predicted molar refractivity (Wildman–Crippen MR) is 60.9 cm³/mol. The zero-order valence-corrected chi connectivity index (χ0v) is 8.91. The molecule has 0 fully saturated rings. The number of nitrogens with zero attached hydrogens (tertiary/aromatic N) is 1. The molecule has 0 unspecified atom stereocenters. The highest BCUT2D eigenvalue weighted by Crippen LogP contribution is 2.38. The van der Waals surface area contributed by atoms with Crippen molar-refractivity contribution in [2.75, 3.05) is 11.9 Å². The maximum absolute atomic E-state index is 11.2. The van der Waals surface area contributed by atoms with Crippen molar-refractivity contribution >= 4 is 34.1 Å². The molecule has 2 heterocycles. The lowest BCUT2D eigenvalue weighted by Crippen LogP contribution is -2.25. The van der Waals surface area contributed by atoms with Crippen LogP contribution in [0, 0.1) is 0 Å². The second-order valence-corrected chi connectivity index (χ2v) is 3.88. The second-order valence-electron chi connectivity index (χ2n) is 3.47. The van der Waals surface area contributed by atoms with Crippen LogP contribution in [0.5, 0.6) is 5.75 Å². The van der Waals surface area contributed by atoms with Gasteiger partial charge in [-0.2, -0.15) is 0 Å². The smallest absolute Gasteiger partial charge is 0.262 e. The number of fused-ring (bicyclic) bond motifs is 3. The van der Waals surface area contributed by atoms with Crippen molar-refractivity contribution in [2.45, 2.75) is 0 Å². The highest BCUT2D eigenvalue weighted by Gasteiger charge is 2.20. The topological polar surface area (TPSA) is 51.2 Å². The van der Waals surface area contributed by atoms with Gasteiger partial charge in [0, 0.05) is 11.6 Å². The molecule has 0 aliphatic carbocycles. The Balaban J connectivity index is 2.35. The van der Waals surface area contributed by atoms with Crippen LogP contribution < -0.4 is 10.1 Å². The molecule has 16 heavy (non-hydrogen) atoms. The monoisotopic (exact) mass is 234 g/mol. The molecule has 1 amide bonds. The number of rotatable bonds is 0. The van der Waals surface area contributed by atoms with Gasteiger partial charge < -0.3 is 10.1 Å². The zero-order valence-electron chi connectivity index (χ0n) is 8.16. The molecular formula is C11H7ClN2O2. The number of benzene rings is 1. The first kappa shape index (κ1) is 9.42. The largest absolute Gasteiger partial charge is 0.479 e. The van der Waals surface area contributed by atoms with E-state index in [4.69, 9.17) is 16.3 Å². The lowest BCUT2D eigenvalue weighted by Gasteiger charge is -2.19. The Bertz CT molecular complexity index is 598. The molecule has 1 aromatic heterocycles. The van der Waals surface area contributed by atoms with E-state index in [1.165, 1.54) is 0 Å². The summed E-state index contributed by atoms with van der Waals surface area (Å²) < 4.78 is 5.37. The molecule has 2 aromatic rings. The van der Waals surface area contributed by atoms with Crippen LogP contribution in [0.25, 0.3) is 10.9 Å². The summed E-state index contributed by atoms with van der Waals surface area (Å²) in [5.41, 5.74) is 1.25. The Kier molecular flexibility index (Phi) is 1.97. The third kappa shape index (κ3) is 1.31. The Hall–Kier alpha value is -1.81. The first-order valence-corrected chi connectivity index (χ1v) is 5.13. The van der Waals surface area contributed by atoms with Crippen LogP contribution in [0.3, 0.4) is 0 Å². The van der Waals surface area contributed by atoms with Crippen molar-refractivity contribution in [3.8, 4) is 5.75 Å². The van der Waals surface area contributed by atoms with Crippen LogP contribution >= 0.6 is 11.6 Å². The molecule has 0 saturated carbocycles. The molecule has 0 atom stereocenters. The van der Waals surface area contributed by atoms with Crippen molar-refractivity contribution in [1.82, 2.24) is 4.98 Å². The van der Waals surface area contributed by atoms with Gasteiger partial charge in [-0.15, -0.1) is 0 Å². The maximum Gasteiger partial charge on any atom is 0.262 e. The molecule has 1 aromatic carbocycles. The Morgan fingerprint density at radius 2 is 2.38 bits per heavy atom. The van der Waals surface area contributed by atoms with Crippen molar-refractivity contribution in [3.63, 3.8) is 0 Å². The molecule has 80 valence electrons. The first-order chi connectivity index (χ1) is 7.75. The van der Waals surface area contributed by atoms with E-state index in [1.54, 1.807) is 12.3 Å². The van der Waals surface area contributed by atoms with Gasteiger partial charge in [-0.3, -0.25) is 9.78 Å². The van der Waals surface area contributed by atoms with Crippen molar-refractivity contribution < 1.29 is 9.53 Å². The highest BCUT2D eigenvalue weighted by molar-refractivity contribution is 6.36. The number of nitrogens with one attached hydrogen (secondary N) is 1. The molecule has 3 rings (SSSR count). The number of carbonyl (C=O) groups excluding carboxylic acids is 1. The summed E-state index contributed by atoms with van der Waals surface area (Å²) in [6.45, 7) is 0.0142. The normalized spacial score (nSPS) is 14.2. The number of hydrogen-bond acceptors (Lipinski definition) is 3. The summed E-state index contributed by atoms with van der Waals surface area (Å²) in [6.07, 6.45) is 1.67. The average Bonchev–Trinajstić information content (AvgIpc) is 2.29. The fraction of sp³-hybridized carbons (Fsp3) is 0.0909. The van der Waals surface area contributed by atoms with Crippen LogP contribution in [-0.2, 0) is 4.79 Å². The van der Waals surface area contributed by atoms with Gasteiger partial charge in [0.2, 0.25) is 0 Å². The van der Waals surface area contributed by atoms with Crippen molar-refractivity contribution in [2.24, 2.45) is 0 Å². The fourth-order valence-corrected chi connectivity index (χ4v) is 2.00. The standard InChI is InChI=1S/C11H7ClN2O2/c12-7-4-8-11(16-5-9(15)14-8)10-6(7)2-1-3-13-10/h1-4H,5H2,(H,14,15). The molecule has 1 aliphatic heterocycles. The Labute approximate surface area is 96.2 Å². The summed E-state index contributed by atoms with van der Waals surface area (Å²) >= 11 is 6.09. The Morgan fingerprint density at radius 1 is 1.50 bits per heavy atom. The lowest BCUT2D eigenvalue weighted by molar-refractivity contribution is -0.118. The maximum atomic E-state index is 11.2. The van der Waals surface area contributed by atoms with Gasteiger partial charge in [-0.25, -0.2) is 0 Å². The lowest BCUT2D eigenvalue weighted by atomic mass is 10.1. The number of halogens is 1. The molecule has 0 spiro atoms. The zero-order chi connectivity index (χ0) is 11.1. The molecule has 5 heteroatoms. The molecular weight excluding hydrogens is 228 g/mol. The minimum Gasteiger partial charge on any atom is -0.479 e. The van der Waals surface area contributed by atoms with Crippen LogP contribution in [-0.4, -0.2) is 17.5 Å². The van der Waals surface area contributed by atoms with E-state index in [2.05, 4.69) is 10.3 Å². The summed E-state index contributed by atoms with van der Waals surface area (Å²) in [4.78, 5) is 15.4. The summed E-state index contributed by atoms with van der Waals surface area (Å²) in [5, 5.41) is 4.07. The average molecular weight is 235 g/mol. The fourth-order valence-electron chi connectivity index (χ4n) is 1.74. The number of aromatic nitrogens is 1. The SMILES string of the molecule is O=C1COc2c(cc(Cl)c3cccnc23)N1. The Morgan fingerprint density at radius 3 is 3.25 bits per heavy atom. The predicted octanol–water partition coefficient (Wildman–Crippen LogP) is 2.22. The van der Waals surface area contributed by atoms with Crippen LogP contribution in [0.2, 0.25) is 5.02 Å². The van der Waals surface area contributed by atoms with Crippen molar-refractivity contribution in [1.29, 1.82) is 0 Å². The van der Waals surface area contributed by atoms with Gasteiger partial charge >= 0.3 is 0 Å².